The van der Waals surface area contributed by atoms with Gasteiger partial charge >= 0.3 is 0 Å². The third-order valence-corrected chi connectivity index (χ3v) is 2.78. The molecular weight excluding hydrogens is 264 g/mol. The molecule has 2 nitrogen and oxygen atoms in total. The molecule has 16 heavy (non-hydrogen) atoms. The summed E-state index contributed by atoms with van der Waals surface area (Å²) in [7, 11) is 0. The van der Waals surface area contributed by atoms with Crippen LogP contribution in [-0.2, 0) is 0 Å². The van der Waals surface area contributed by atoms with E-state index in [9.17, 15) is 0 Å². The van der Waals surface area contributed by atoms with Gasteiger partial charge in [-0.3, -0.25) is 0 Å². The Labute approximate surface area is 109 Å². The quantitative estimate of drug-likeness (QED) is 0.367. The molecule has 0 aromatic heterocycles. The standard InChI is InChI=1S/C13H27BrN2/c1-10(2)8-13(14,9-11(3)4)16-15-12(5,6)7/h10-11H,8-9H2,1-7H3/b16-15+. The Morgan fingerprint density at radius 2 is 1.25 bits per heavy atom. The van der Waals surface area contributed by atoms with Crippen LogP contribution in [0.2, 0.25) is 0 Å². The van der Waals surface area contributed by atoms with Gasteiger partial charge in [0.2, 0.25) is 0 Å². The lowest BCUT2D eigenvalue weighted by atomic mass is 9.96. The number of hydrogen-bond donors (Lipinski definition) is 0. The molecule has 3 heteroatoms. The van der Waals surface area contributed by atoms with Gasteiger partial charge in [-0.2, -0.15) is 10.2 Å². The van der Waals surface area contributed by atoms with Crippen LogP contribution >= 0.6 is 15.9 Å². The van der Waals surface area contributed by atoms with Gasteiger partial charge in [0.05, 0.1) is 5.54 Å². The SMILES string of the molecule is CC(C)CC(Br)(CC(C)C)/N=N/C(C)(C)C. The van der Waals surface area contributed by atoms with Crippen molar-refractivity contribution >= 4 is 15.9 Å². The van der Waals surface area contributed by atoms with Crippen molar-refractivity contribution in [3.63, 3.8) is 0 Å². The molecule has 96 valence electrons. The average molecular weight is 291 g/mol. The number of azo groups is 1. The van der Waals surface area contributed by atoms with E-state index in [2.05, 4.69) is 74.6 Å². The maximum atomic E-state index is 4.55. The highest BCUT2D eigenvalue weighted by molar-refractivity contribution is 9.10. The van der Waals surface area contributed by atoms with Crippen molar-refractivity contribution in [2.24, 2.45) is 22.1 Å². The molecule has 0 spiro atoms. The predicted octanol–water partition coefficient (Wildman–Crippen LogP) is 5.42. The smallest absolute Gasteiger partial charge is 0.136 e. The molecule has 0 aromatic carbocycles. The lowest BCUT2D eigenvalue weighted by Gasteiger charge is -2.27. The van der Waals surface area contributed by atoms with Gasteiger partial charge in [0.25, 0.3) is 0 Å². The van der Waals surface area contributed by atoms with Gasteiger partial charge in [-0.05, 0) is 45.4 Å². The van der Waals surface area contributed by atoms with Crippen molar-refractivity contribution < 1.29 is 0 Å². The third kappa shape index (κ3) is 8.26. The first-order valence-electron chi connectivity index (χ1n) is 6.17. The van der Waals surface area contributed by atoms with Crippen LogP contribution in [0.3, 0.4) is 0 Å². The zero-order chi connectivity index (χ0) is 13.0. The van der Waals surface area contributed by atoms with E-state index in [4.69, 9.17) is 0 Å². The summed E-state index contributed by atoms with van der Waals surface area (Å²) < 4.78 is -0.178. The van der Waals surface area contributed by atoms with Crippen molar-refractivity contribution in [2.75, 3.05) is 0 Å². The summed E-state index contributed by atoms with van der Waals surface area (Å²) >= 11 is 3.78. The molecule has 0 saturated heterocycles. The first-order chi connectivity index (χ1) is 7.04. The fourth-order valence-electron chi connectivity index (χ4n) is 1.66. The summed E-state index contributed by atoms with van der Waals surface area (Å²) in [6.45, 7) is 15.1. The van der Waals surface area contributed by atoms with Crippen LogP contribution in [0.4, 0.5) is 0 Å². The number of nitrogens with zero attached hydrogens (tertiary/aromatic N) is 2. The summed E-state index contributed by atoms with van der Waals surface area (Å²) in [5.41, 5.74) is -0.0903. The van der Waals surface area contributed by atoms with E-state index in [0.717, 1.165) is 12.8 Å². The Morgan fingerprint density at radius 1 is 0.875 bits per heavy atom. The lowest BCUT2D eigenvalue weighted by molar-refractivity contribution is 0.371. The fraction of sp³-hybridized carbons (Fsp3) is 1.00. The molecule has 0 aliphatic rings. The normalized spacial score (nSPS) is 14.4. The fourth-order valence-corrected chi connectivity index (χ4v) is 3.03. The average Bonchev–Trinajstić information content (AvgIpc) is 1.96. The van der Waals surface area contributed by atoms with Crippen LogP contribution < -0.4 is 0 Å². The molecule has 0 radical (unpaired) electrons. The van der Waals surface area contributed by atoms with Gasteiger partial charge in [-0.25, -0.2) is 0 Å². The molecule has 0 N–H and O–H groups in total. The van der Waals surface area contributed by atoms with Crippen LogP contribution in [0.5, 0.6) is 0 Å². The monoisotopic (exact) mass is 290 g/mol. The first-order valence-corrected chi connectivity index (χ1v) is 6.96. The third-order valence-electron chi connectivity index (χ3n) is 1.97. The largest absolute Gasteiger partial charge is 0.187 e. The maximum absolute atomic E-state index is 4.55. The minimum atomic E-state index is -0.178. The van der Waals surface area contributed by atoms with Crippen molar-refractivity contribution in [1.82, 2.24) is 0 Å². The Hall–Kier alpha value is 0.0800. The van der Waals surface area contributed by atoms with E-state index < -0.39 is 0 Å². The predicted molar refractivity (Wildman–Crippen MR) is 75.2 cm³/mol. The topological polar surface area (TPSA) is 24.7 Å². The van der Waals surface area contributed by atoms with E-state index in [1.165, 1.54) is 0 Å². The molecule has 0 unspecified atom stereocenters. The second-order valence-electron chi connectivity index (χ2n) is 6.48. The van der Waals surface area contributed by atoms with Gasteiger partial charge in [-0.1, -0.05) is 43.6 Å². The van der Waals surface area contributed by atoms with Crippen LogP contribution in [0.25, 0.3) is 0 Å². The first kappa shape index (κ1) is 16.1. The summed E-state index contributed by atoms with van der Waals surface area (Å²) in [5, 5.41) is 8.96. The summed E-state index contributed by atoms with van der Waals surface area (Å²) in [5.74, 6) is 1.24. The van der Waals surface area contributed by atoms with Crippen LogP contribution in [0, 0.1) is 11.8 Å². The lowest BCUT2D eigenvalue weighted by Crippen LogP contribution is -2.24. The number of rotatable bonds is 5. The molecule has 0 amide bonds. The van der Waals surface area contributed by atoms with Crippen molar-refractivity contribution in [1.29, 1.82) is 0 Å². The second kappa shape index (κ2) is 6.13. The van der Waals surface area contributed by atoms with Gasteiger partial charge in [0, 0.05) is 0 Å². The van der Waals surface area contributed by atoms with E-state index >= 15 is 0 Å². The molecule has 0 saturated carbocycles. The molecule has 0 aliphatic carbocycles. The van der Waals surface area contributed by atoms with Crippen LogP contribution in [-0.4, -0.2) is 9.99 Å². The van der Waals surface area contributed by atoms with Crippen molar-refractivity contribution in [2.45, 2.75) is 71.3 Å². The Morgan fingerprint density at radius 3 is 1.50 bits per heavy atom. The summed E-state index contributed by atoms with van der Waals surface area (Å²) in [6.07, 6.45) is 2.06. The van der Waals surface area contributed by atoms with Gasteiger partial charge in [-0.15, -0.1) is 0 Å². The number of alkyl halides is 1. The molecule has 0 atom stereocenters. The highest BCUT2D eigenvalue weighted by atomic mass is 79.9. The summed E-state index contributed by atoms with van der Waals surface area (Å²) in [4.78, 5) is 0. The maximum Gasteiger partial charge on any atom is 0.136 e. The van der Waals surface area contributed by atoms with Gasteiger partial charge in [0.1, 0.15) is 4.45 Å². The van der Waals surface area contributed by atoms with Crippen LogP contribution in [0.15, 0.2) is 10.2 Å². The van der Waals surface area contributed by atoms with E-state index in [1.54, 1.807) is 0 Å². The highest BCUT2D eigenvalue weighted by Crippen LogP contribution is 2.36. The minimum Gasteiger partial charge on any atom is -0.187 e. The highest BCUT2D eigenvalue weighted by Gasteiger charge is 2.29. The number of hydrogen-bond acceptors (Lipinski definition) is 2. The molecular formula is C13H27BrN2. The zero-order valence-electron chi connectivity index (χ0n) is 11.8. The molecule has 0 rings (SSSR count). The van der Waals surface area contributed by atoms with Crippen molar-refractivity contribution in [3.8, 4) is 0 Å². The Kier molecular flexibility index (Phi) is 6.16. The zero-order valence-corrected chi connectivity index (χ0v) is 13.4. The van der Waals surface area contributed by atoms with E-state index in [-0.39, 0.29) is 9.99 Å². The van der Waals surface area contributed by atoms with Crippen molar-refractivity contribution in [3.05, 3.63) is 0 Å². The number of halogens is 1. The molecule has 0 aromatic rings. The Bertz CT molecular complexity index is 217. The van der Waals surface area contributed by atoms with E-state index in [0.29, 0.717) is 11.8 Å². The molecule has 0 fully saturated rings. The second-order valence-corrected chi connectivity index (χ2v) is 7.96. The molecule has 0 heterocycles. The van der Waals surface area contributed by atoms with Gasteiger partial charge < -0.3 is 0 Å². The van der Waals surface area contributed by atoms with E-state index in [1.807, 2.05) is 0 Å². The molecule has 0 aliphatic heterocycles. The Balaban J connectivity index is 4.72. The van der Waals surface area contributed by atoms with Crippen LogP contribution in [0.1, 0.15) is 61.3 Å². The van der Waals surface area contributed by atoms with Gasteiger partial charge in [0.15, 0.2) is 0 Å². The minimum absolute atomic E-state index is 0.0903. The summed E-state index contributed by atoms with van der Waals surface area (Å²) in [6, 6.07) is 0. The molecule has 0 bridgehead atoms.